The summed E-state index contributed by atoms with van der Waals surface area (Å²) in [5, 5.41) is 0. The maximum Gasteiger partial charge on any atom is 0.182 e. The van der Waals surface area contributed by atoms with E-state index in [2.05, 4.69) is 20.8 Å². The van der Waals surface area contributed by atoms with Gasteiger partial charge in [-0.2, -0.15) is 0 Å². The molecule has 0 aromatic heterocycles. The van der Waals surface area contributed by atoms with Crippen molar-refractivity contribution < 1.29 is 14.4 Å². The van der Waals surface area contributed by atoms with E-state index in [0.29, 0.717) is 17.6 Å². The lowest BCUT2D eigenvalue weighted by molar-refractivity contribution is -0.118. The van der Waals surface area contributed by atoms with Crippen LogP contribution in [0.15, 0.2) is 23.3 Å². The number of aldehydes is 1. The lowest BCUT2D eigenvalue weighted by atomic mass is 9.52. The van der Waals surface area contributed by atoms with E-state index in [1.165, 1.54) is 6.08 Å². The number of carbonyl (C=O) groups is 3. The smallest absolute Gasteiger partial charge is 0.182 e. The standard InChI is InChI=1S/C20H28O3/c1-13(2)14-11-17(23)15(12-16(14)22)20(5)9-6-8-19(3,4)18(20)7-10-21/h10-13,18H,6-9H2,1-5H3/t18-,20+/m0/s1. The van der Waals surface area contributed by atoms with Crippen molar-refractivity contribution >= 4 is 17.9 Å². The molecule has 2 aliphatic rings. The molecule has 126 valence electrons. The number of carbonyl (C=O) groups excluding carboxylic acids is 3. The molecular formula is C20H28O3. The van der Waals surface area contributed by atoms with Crippen LogP contribution in [0.3, 0.4) is 0 Å². The van der Waals surface area contributed by atoms with Gasteiger partial charge in [0.15, 0.2) is 11.6 Å². The normalized spacial score (nSPS) is 31.0. The van der Waals surface area contributed by atoms with Gasteiger partial charge >= 0.3 is 0 Å². The van der Waals surface area contributed by atoms with Crippen molar-refractivity contribution in [1.82, 2.24) is 0 Å². The minimum atomic E-state index is -0.408. The maximum atomic E-state index is 12.7. The maximum absolute atomic E-state index is 12.7. The summed E-state index contributed by atoms with van der Waals surface area (Å²) in [7, 11) is 0. The van der Waals surface area contributed by atoms with Gasteiger partial charge in [-0.3, -0.25) is 9.59 Å². The minimum Gasteiger partial charge on any atom is -0.303 e. The van der Waals surface area contributed by atoms with E-state index in [1.807, 2.05) is 13.8 Å². The highest BCUT2D eigenvalue weighted by atomic mass is 16.1. The summed E-state index contributed by atoms with van der Waals surface area (Å²) in [5.74, 6) is 0.0253. The summed E-state index contributed by atoms with van der Waals surface area (Å²) in [5.41, 5.74) is 0.769. The van der Waals surface area contributed by atoms with Crippen LogP contribution in [0, 0.1) is 22.7 Å². The second-order valence-corrected chi connectivity index (χ2v) is 8.26. The van der Waals surface area contributed by atoms with Gasteiger partial charge in [0.05, 0.1) is 0 Å². The second kappa shape index (κ2) is 6.18. The van der Waals surface area contributed by atoms with E-state index in [0.717, 1.165) is 25.5 Å². The Hall–Kier alpha value is -1.51. The van der Waals surface area contributed by atoms with Crippen LogP contribution >= 0.6 is 0 Å². The van der Waals surface area contributed by atoms with E-state index >= 15 is 0 Å². The molecule has 23 heavy (non-hydrogen) atoms. The molecule has 0 heterocycles. The summed E-state index contributed by atoms with van der Waals surface area (Å²) < 4.78 is 0. The van der Waals surface area contributed by atoms with Crippen LogP contribution in [0.5, 0.6) is 0 Å². The van der Waals surface area contributed by atoms with Gasteiger partial charge in [0, 0.05) is 23.0 Å². The molecule has 0 unspecified atom stereocenters. The predicted molar refractivity (Wildman–Crippen MR) is 90.9 cm³/mol. The molecule has 0 bridgehead atoms. The first-order valence-corrected chi connectivity index (χ1v) is 8.59. The van der Waals surface area contributed by atoms with Crippen molar-refractivity contribution in [2.75, 3.05) is 0 Å². The third-order valence-electron chi connectivity index (χ3n) is 5.91. The van der Waals surface area contributed by atoms with E-state index < -0.39 is 5.41 Å². The van der Waals surface area contributed by atoms with Crippen LogP contribution < -0.4 is 0 Å². The second-order valence-electron chi connectivity index (χ2n) is 8.26. The van der Waals surface area contributed by atoms with Crippen LogP contribution in [-0.2, 0) is 14.4 Å². The molecule has 0 spiro atoms. The van der Waals surface area contributed by atoms with Crippen LogP contribution in [0.1, 0.15) is 60.3 Å². The minimum absolute atomic E-state index is 0.0138. The molecule has 3 nitrogen and oxygen atoms in total. The van der Waals surface area contributed by atoms with Gasteiger partial charge in [-0.1, -0.05) is 41.0 Å². The summed E-state index contributed by atoms with van der Waals surface area (Å²) in [6.07, 6.45) is 7.38. The highest BCUT2D eigenvalue weighted by molar-refractivity contribution is 6.20. The van der Waals surface area contributed by atoms with Gasteiger partial charge in [-0.25, -0.2) is 0 Å². The van der Waals surface area contributed by atoms with E-state index in [4.69, 9.17) is 0 Å². The number of ketones is 2. The summed E-state index contributed by atoms with van der Waals surface area (Å²) in [4.78, 5) is 36.4. The molecule has 0 aromatic carbocycles. The lowest BCUT2D eigenvalue weighted by Gasteiger charge is -2.51. The zero-order valence-electron chi connectivity index (χ0n) is 14.9. The molecule has 0 saturated heterocycles. The van der Waals surface area contributed by atoms with Crippen molar-refractivity contribution in [3.8, 4) is 0 Å². The summed E-state index contributed by atoms with van der Waals surface area (Å²) in [6.45, 7) is 10.3. The third kappa shape index (κ3) is 3.11. The Balaban J connectivity index is 2.46. The van der Waals surface area contributed by atoms with Crippen molar-refractivity contribution in [2.45, 2.75) is 60.3 Å². The fraction of sp³-hybridized carbons (Fsp3) is 0.650. The van der Waals surface area contributed by atoms with Crippen LogP contribution in [0.25, 0.3) is 0 Å². The Morgan fingerprint density at radius 3 is 2.35 bits per heavy atom. The van der Waals surface area contributed by atoms with Gasteiger partial charge in [-0.05, 0) is 42.2 Å². The average Bonchev–Trinajstić information content (AvgIpc) is 2.44. The number of allylic oxidation sites excluding steroid dienone is 4. The molecule has 1 saturated carbocycles. The average molecular weight is 316 g/mol. The summed E-state index contributed by atoms with van der Waals surface area (Å²) >= 11 is 0. The quantitative estimate of drug-likeness (QED) is 0.580. The highest BCUT2D eigenvalue weighted by Gasteiger charge is 2.50. The van der Waals surface area contributed by atoms with Crippen LogP contribution in [-0.4, -0.2) is 17.9 Å². The van der Waals surface area contributed by atoms with Crippen molar-refractivity contribution in [1.29, 1.82) is 0 Å². The Bertz CT molecular complexity index is 592. The topological polar surface area (TPSA) is 51.2 Å². The fourth-order valence-electron chi connectivity index (χ4n) is 4.59. The molecule has 0 N–H and O–H groups in total. The Morgan fingerprint density at radius 1 is 1.13 bits per heavy atom. The molecule has 0 amide bonds. The van der Waals surface area contributed by atoms with Crippen molar-refractivity contribution in [2.24, 2.45) is 22.7 Å². The first-order valence-electron chi connectivity index (χ1n) is 8.59. The Labute approximate surface area is 139 Å². The first kappa shape index (κ1) is 17.8. The molecule has 1 fully saturated rings. The van der Waals surface area contributed by atoms with Gasteiger partial charge in [0.2, 0.25) is 0 Å². The Kier molecular flexibility index (Phi) is 4.79. The van der Waals surface area contributed by atoms with Gasteiger partial charge < -0.3 is 4.79 Å². The number of hydrogen-bond acceptors (Lipinski definition) is 3. The largest absolute Gasteiger partial charge is 0.303 e. The molecule has 0 radical (unpaired) electrons. The van der Waals surface area contributed by atoms with Crippen LogP contribution in [0.2, 0.25) is 0 Å². The lowest BCUT2D eigenvalue weighted by Crippen LogP contribution is -2.45. The van der Waals surface area contributed by atoms with Crippen molar-refractivity contribution in [3.63, 3.8) is 0 Å². The molecular weight excluding hydrogens is 288 g/mol. The summed E-state index contributed by atoms with van der Waals surface area (Å²) in [6, 6.07) is 0. The van der Waals surface area contributed by atoms with Gasteiger partial charge in [0.25, 0.3) is 0 Å². The zero-order valence-corrected chi connectivity index (χ0v) is 14.9. The fourth-order valence-corrected chi connectivity index (χ4v) is 4.59. The molecule has 3 heteroatoms. The number of hydrogen-bond donors (Lipinski definition) is 0. The molecule has 2 aliphatic carbocycles. The predicted octanol–water partition coefficient (Wildman–Crippen LogP) is 4.07. The Morgan fingerprint density at radius 2 is 1.78 bits per heavy atom. The highest BCUT2D eigenvalue weighted by Crippen LogP contribution is 2.56. The van der Waals surface area contributed by atoms with Crippen LogP contribution in [0.4, 0.5) is 0 Å². The molecule has 0 aliphatic heterocycles. The van der Waals surface area contributed by atoms with Gasteiger partial charge in [0.1, 0.15) is 6.29 Å². The van der Waals surface area contributed by atoms with Gasteiger partial charge in [-0.15, -0.1) is 0 Å². The molecule has 2 atom stereocenters. The van der Waals surface area contributed by atoms with E-state index in [-0.39, 0.29) is 28.8 Å². The SMILES string of the molecule is CC(C)C1=CC(=O)C([C@@]2(C)CCCC(C)(C)[C@@H]2CC=O)=CC1=O. The zero-order chi connectivity index (χ0) is 17.4. The van der Waals surface area contributed by atoms with E-state index in [9.17, 15) is 14.4 Å². The van der Waals surface area contributed by atoms with E-state index in [1.54, 1.807) is 6.08 Å². The van der Waals surface area contributed by atoms with Crippen molar-refractivity contribution in [3.05, 3.63) is 23.3 Å². The first-order chi connectivity index (χ1) is 10.6. The number of rotatable bonds is 4. The monoisotopic (exact) mass is 316 g/mol. The third-order valence-corrected chi connectivity index (χ3v) is 5.91. The molecule has 0 aromatic rings. The molecule has 2 rings (SSSR count).